The van der Waals surface area contributed by atoms with Gasteiger partial charge in [0.05, 0.1) is 17.1 Å². The smallest absolute Gasteiger partial charge is 0.169 e. The van der Waals surface area contributed by atoms with Crippen molar-refractivity contribution in [2.75, 3.05) is 16.8 Å². The Morgan fingerprint density at radius 3 is 2.50 bits per heavy atom. The molecule has 0 aliphatic heterocycles. The van der Waals surface area contributed by atoms with Crippen LogP contribution in [0.25, 0.3) is 0 Å². The summed E-state index contributed by atoms with van der Waals surface area (Å²) in [6.45, 7) is 2.04. The molecule has 0 amide bonds. The van der Waals surface area contributed by atoms with Gasteiger partial charge in [0.15, 0.2) is 5.82 Å². The van der Waals surface area contributed by atoms with E-state index < -0.39 is 5.82 Å². The Labute approximate surface area is 98.9 Å². The summed E-state index contributed by atoms with van der Waals surface area (Å²) in [5, 5.41) is 3.05. The van der Waals surface area contributed by atoms with E-state index in [-0.39, 0.29) is 21.9 Å². The molecule has 5 heteroatoms. The van der Waals surface area contributed by atoms with Gasteiger partial charge < -0.3 is 16.8 Å². The van der Waals surface area contributed by atoms with E-state index in [2.05, 4.69) is 5.32 Å². The van der Waals surface area contributed by atoms with E-state index in [9.17, 15) is 4.39 Å². The van der Waals surface area contributed by atoms with Gasteiger partial charge in [-0.2, -0.15) is 0 Å². The molecule has 0 aromatic heterocycles. The quantitative estimate of drug-likeness (QED) is 0.700. The van der Waals surface area contributed by atoms with Crippen LogP contribution in [0.4, 0.5) is 21.5 Å². The van der Waals surface area contributed by atoms with Gasteiger partial charge in [0.25, 0.3) is 0 Å². The van der Waals surface area contributed by atoms with E-state index in [0.717, 1.165) is 19.3 Å². The maximum absolute atomic E-state index is 13.9. The van der Waals surface area contributed by atoms with Gasteiger partial charge in [-0.25, -0.2) is 4.39 Å². The first kappa shape index (κ1) is 11.3. The van der Waals surface area contributed by atoms with Crippen molar-refractivity contribution in [3.8, 4) is 0 Å². The van der Waals surface area contributed by atoms with Gasteiger partial charge in [-0.3, -0.25) is 0 Å². The van der Waals surface area contributed by atoms with Crippen molar-refractivity contribution < 1.29 is 4.39 Å². The minimum absolute atomic E-state index is 0.0698. The Morgan fingerprint density at radius 1 is 1.38 bits per heavy atom. The fraction of sp³-hybridized carbons (Fsp3) is 0.455. The second kappa shape index (κ2) is 3.70. The first-order valence-corrected chi connectivity index (χ1v) is 5.62. The molecular weight excluding hydrogens is 229 g/mol. The molecule has 0 atom stereocenters. The fourth-order valence-electron chi connectivity index (χ4n) is 1.93. The van der Waals surface area contributed by atoms with Crippen LogP contribution in [0.5, 0.6) is 0 Å². The highest BCUT2D eigenvalue weighted by atomic mass is 35.5. The number of rotatable bonds is 2. The van der Waals surface area contributed by atoms with Gasteiger partial charge >= 0.3 is 0 Å². The Kier molecular flexibility index (Phi) is 2.62. The lowest BCUT2D eigenvalue weighted by Crippen LogP contribution is -2.42. The standard InChI is InChI=1S/C11H15ClFN3/c1-11(3-2-4-11)16-10-7(15)5-6(14)8(12)9(10)13/h5,16H,2-4,14-15H2,1H3. The van der Waals surface area contributed by atoms with E-state index in [0.29, 0.717) is 5.69 Å². The van der Waals surface area contributed by atoms with Crippen molar-refractivity contribution in [2.45, 2.75) is 31.7 Å². The first-order chi connectivity index (χ1) is 7.43. The van der Waals surface area contributed by atoms with E-state index in [4.69, 9.17) is 23.1 Å². The van der Waals surface area contributed by atoms with Crippen molar-refractivity contribution in [3.05, 3.63) is 16.9 Å². The lowest BCUT2D eigenvalue weighted by molar-refractivity contribution is 0.305. The molecule has 1 aromatic rings. The second-order valence-electron chi connectivity index (χ2n) is 4.60. The summed E-state index contributed by atoms with van der Waals surface area (Å²) >= 11 is 5.75. The lowest BCUT2D eigenvalue weighted by atomic mass is 9.78. The lowest BCUT2D eigenvalue weighted by Gasteiger charge is -2.40. The number of nitrogens with one attached hydrogen (secondary N) is 1. The first-order valence-electron chi connectivity index (χ1n) is 5.24. The summed E-state index contributed by atoms with van der Waals surface area (Å²) in [5.41, 5.74) is 11.9. The fourth-order valence-corrected chi connectivity index (χ4v) is 2.08. The highest BCUT2D eigenvalue weighted by molar-refractivity contribution is 6.33. The molecule has 1 aliphatic carbocycles. The third-order valence-electron chi connectivity index (χ3n) is 3.15. The second-order valence-corrected chi connectivity index (χ2v) is 4.98. The predicted octanol–water partition coefficient (Wildman–Crippen LogP) is 3.00. The van der Waals surface area contributed by atoms with Gasteiger partial charge in [-0.15, -0.1) is 0 Å². The number of anilines is 3. The number of halogens is 2. The van der Waals surface area contributed by atoms with Gasteiger partial charge in [0.1, 0.15) is 5.02 Å². The molecule has 88 valence electrons. The highest BCUT2D eigenvalue weighted by Crippen LogP contribution is 2.40. The third kappa shape index (κ3) is 1.78. The van der Waals surface area contributed by atoms with Gasteiger partial charge in [0, 0.05) is 5.54 Å². The Hall–Kier alpha value is -1.16. The van der Waals surface area contributed by atoms with Crippen LogP contribution < -0.4 is 16.8 Å². The van der Waals surface area contributed by atoms with Crippen LogP contribution in [0.15, 0.2) is 6.07 Å². The minimum Gasteiger partial charge on any atom is -0.397 e. The Bertz CT molecular complexity index is 430. The van der Waals surface area contributed by atoms with Crippen molar-refractivity contribution in [2.24, 2.45) is 0 Å². The molecule has 0 spiro atoms. The summed E-state index contributed by atoms with van der Waals surface area (Å²) < 4.78 is 13.9. The summed E-state index contributed by atoms with van der Waals surface area (Å²) in [4.78, 5) is 0. The molecule has 1 aliphatic rings. The maximum atomic E-state index is 13.9. The molecule has 0 radical (unpaired) electrons. The van der Waals surface area contributed by atoms with Crippen LogP contribution in [0, 0.1) is 5.82 Å². The van der Waals surface area contributed by atoms with Gasteiger partial charge in [-0.1, -0.05) is 11.6 Å². The molecule has 3 nitrogen and oxygen atoms in total. The Balaban J connectivity index is 2.36. The number of nitrogen functional groups attached to an aromatic ring is 2. The zero-order valence-corrected chi connectivity index (χ0v) is 9.87. The van der Waals surface area contributed by atoms with Crippen LogP contribution in [0.3, 0.4) is 0 Å². The van der Waals surface area contributed by atoms with Crippen molar-refractivity contribution in [1.29, 1.82) is 0 Å². The molecule has 1 fully saturated rings. The summed E-state index contributed by atoms with van der Waals surface area (Å²) in [6.07, 6.45) is 3.16. The van der Waals surface area contributed by atoms with E-state index in [1.54, 1.807) is 0 Å². The van der Waals surface area contributed by atoms with Crippen LogP contribution >= 0.6 is 11.6 Å². The highest BCUT2D eigenvalue weighted by Gasteiger charge is 2.33. The van der Waals surface area contributed by atoms with Gasteiger partial charge in [-0.05, 0) is 32.3 Å². The van der Waals surface area contributed by atoms with Crippen LogP contribution in [0.1, 0.15) is 26.2 Å². The summed E-state index contributed by atoms with van der Waals surface area (Å²) in [6, 6.07) is 1.48. The van der Waals surface area contributed by atoms with Crippen molar-refractivity contribution in [1.82, 2.24) is 0 Å². The molecule has 1 aromatic carbocycles. The number of hydrogen-bond acceptors (Lipinski definition) is 3. The monoisotopic (exact) mass is 243 g/mol. The molecule has 16 heavy (non-hydrogen) atoms. The average molecular weight is 244 g/mol. The maximum Gasteiger partial charge on any atom is 0.169 e. The minimum atomic E-state index is -0.563. The predicted molar refractivity (Wildman–Crippen MR) is 66.1 cm³/mol. The van der Waals surface area contributed by atoms with E-state index in [1.807, 2.05) is 6.92 Å². The SMILES string of the molecule is CC1(Nc2c(N)cc(N)c(Cl)c2F)CCC1. The topological polar surface area (TPSA) is 64.1 Å². The molecule has 5 N–H and O–H groups in total. The average Bonchev–Trinajstić information content (AvgIpc) is 2.19. The molecule has 0 heterocycles. The zero-order chi connectivity index (χ0) is 11.9. The molecule has 2 rings (SSSR count). The van der Waals surface area contributed by atoms with E-state index in [1.165, 1.54) is 6.07 Å². The summed E-state index contributed by atoms with van der Waals surface area (Å²) in [5.74, 6) is -0.563. The van der Waals surface area contributed by atoms with Crippen LogP contribution in [-0.4, -0.2) is 5.54 Å². The molecule has 0 bridgehead atoms. The molecule has 1 saturated carbocycles. The van der Waals surface area contributed by atoms with Crippen molar-refractivity contribution in [3.63, 3.8) is 0 Å². The largest absolute Gasteiger partial charge is 0.397 e. The number of nitrogens with two attached hydrogens (primary N) is 2. The molecule has 0 saturated heterocycles. The van der Waals surface area contributed by atoms with Gasteiger partial charge in [0.2, 0.25) is 0 Å². The van der Waals surface area contributed by atoms with Crippen LogP contribution in [0.2, 0.25) is 5.02 Å². The normalized spacial score (nSPS) is 17.9. The molecular formula is C11H15ClFN3. The zero-order valence-electron chi connectivity index (χ0n) is 9.11. The van der Waals surface area contributed by atoms with Crippen molar-refractivity contribution >= 4 is 28.7 Å². The Morgan fingerprint density at radius 2 is 2.00 bits per heavy atom. The summed E-state index contributed by atoms with van der Waals surface area (Å²) in [7, 11) is 0. The number of benzene rings is 1. The molecule has 0 unspecified atom stereocenters. The van der Waals surface area contributed by atoms with E-state index >= 15 is 0 Å². The number of hydrogen-bond donors (Lipinski definition) is 3. The third-order valence-corrected chi connectivity index (χ3v) is 3.53. The van der Waals surface area contributed by atoms with Crippen LogP contribution in [-0.2, 0) is 0 Å².